The molecule has 0 spiro atoms. The smallest absolute Gasteiger partial charge is 0.270 e. The second-order valence-electron chi connectivity index (χ2n) is 5.90. The van der Waals surface area contributed by atoms with Crippen LogP contribution < -0.4 is 0 Å². The van der Waals surface area contributed by atoms with E-state index in [1.165, 1.54) is 11.1 Å². The van der Waals surface area contributed by atoms with Crippen LogP contribution >= 0.6 is 0 Å². The molecular formula is C26H28Ti. The van der Waals surface area contributed by atoms with Crippen molar-refractivity contribution in [1.82, 2.24) is 0 Å². The first-order valence-corrected chi connectivity index (χ1v) is 8.80. The van der Waals surface area contributed by atoms with Crippen molar-refractivity contribution < 1.29 is 21.7 Å². The zero-order valence-electron chi connectivity index (χ0n) is 16.4. The molecule has 0 saturated carbocycles. The van der Waals surface area contributed by atoms with E-state index in [1.54, 1.807) is 0 Å². The molecule has 0 aliphatic heterocycles. The van der Waals surface area contributed by atoms with Crippen molar-refractivity contribution in [2.24, 2.45) is 0 Å². The molecule has 0 fully saturated rings. The van der Waals surface area contributed by atoms with E-state index in [0.29, 0.717) is 0 Å². The first-order valence-electron chi connectivity index (χ1n) is 8.80. The molecule has 2 aromatic carbocycles. The van der Waals surface area contributed by atoms with Crippen LogP contribution in [-0.2, 0) is 21.7 Å². The summed E-state index contributed by atoms with van der Waals surface area (Å²) in [5.41, 5.74) is 4.69. The monoisotopic (exact) mass is 388 g/mol. The van der Waals surface area contributed by atoms with Gasteiger partial charge in [-0.15, -0.1) is 37.1 Å². The zero-order chi connectivity index (χ0) is 19.0. The number of benzene rings is 2. The van der Waals surface area contributed by atoms with E-state index in [0.717, 1.165) is 24.0 Å². The van der Waals surface area contributed by atoms with E-state index < -0.39 is 0 Å². The van der Waals surface area contributed by atoms with E-state index in [9.17, 15) is 0 Å². The fourth-order valence-corrected chi connectivity index (χ4v) is 1.99. The third-order valence-electron chi connectivity index (χ3n) is 3.42. The molecule has 0 heterocycles. The summed E-state index contributed by atoms with van der Waals surface area (Å²) in [5, 5.41) is 0. The summed E-state index contributed by atoms with van der Waals surface area (Å²) in [5.74, 6) is 0. The molecule has 0 bridgehead atoms. The van der Waals surface area contributed by atoms with Crippen LogP contribution in [0.3, 0.4) is 0 Å². The van der Waals surface area contributed by atoms with Gasteiger partial charge in [0.25, 0.3) is 0 Å². The predicted molar refractivity (Wildman–Crippen MR) is 114 cm³/mol. The SMILES string of the molecule is CC1=[C-]CC=C1.CC1=[C-]CC=C1.[CH2-]c1ccccc1.[CH2-]c1ccccc1.[Ti+4]. The topological polar surface area (TPSA) is 0 Å². The molecule has 27 heavy (non-hydrogen) atoms. The average Bonchev–Trinajstić information content (AvgIpc) is 3.31. The van der Waals surface area contributed by atoms with Crippen LogP contribution in [0.15, 0.2) is 96.1 Å². The van der Waals surface area contributed by atoms with Gasteiger partial charge in [-0.1, -0.05) is 26.0 Å². The largest absolute Gasteiger partial charge is 4.00 e. The van der Waals surface area contributed by atoms with Crippen LogP contribution in [0, 0.1) is 26.0 Å². The summed E-state index contributed by atoms with van der Waals surface area (Å²) in [6, 6.07) is 19.7. The molecule has 0 amide bonds. The van der Waals surface area contributed by atoms with Gasteiger partial charge in [-0.25, -0.2) is 23.3 Å². The van der Waals surface area contributed by atoms with Crippen molar-refractivity contribution in [3.8, 4) is 0 Å². The molecule has 1 heteroatoms. The number of hydrogen-bond acceptors (Lipinski definition) is 0. The van der Waals surface area contributed by atoms with Crippen molar-refractivity contribution in [3.63, 3.8) is 0 Å². The summed E-state index contributed by atoms with van der Waals surface area (Å²) < 4.78 is 0. The van der Waals surface area contributed by atoms with Gasteiger partial charge in [0.05, 0.1) is 0 Å². The van der Waals surface area contributed by atoms with Gasteiger partial charge >= 0.3 is 21.7 Å². The third kappa shape index (κ3) is 14.7. The van der Waals surface area contributed by atoms with Gasteiger partial charge in [-0.3, -0.25) is 12.2 Å². The summed E-state index contributed by atoms with van der Waals surface area (Å²) in [7, 11) is 0. The molecule has 0 nitrogen and oxygen atoms in total. The fourth-order valence-electron chi connectivity index (χ4n) is 1.99. The number of allylic oxidation sites excluding steroid dienone is 8. The molecule has 2 aliphatic rings. The molecule has 0 saturated heterocycles. The van der Waals surface area contributed by atoms with Gasteiger partial charge in [0.15, 0.2) is 0 Å². The van der Waals surface area contributed by atoms with Crippen molar-refractivity contribution in [1.29, 1.82) is 0 Å². The molecule has 2 aromatic rings. The quantitative estimate of drug-likeness (QED) is 0.333. The predicted octanol–water partition coefficient (Wildman–Crippen LogP) is 7.13. The Labute approximate surface area is 181 Å². The van der Waals surface area contributed by atoms with E-state index in [4.69, 9.17) is 0 Å². The Kier molecular flexibility index (Phi) is 14.8. The van der Waals surface area contributed by atoms with E-state index in [2.05, 4.69) is 64.2 Å². The van der Waals surface area contributed by atoms with Crippen LogP contribution in [0.4, 0.5) is 0 Å². The van der Waals surface area contributed by atoms with Crippen molar-refractivity contribution in [3.05, 3.63) is 133 Å². The molecule has 0 aromatic heterocycles. The molecule has 2 aliphatic carbocycles. The zero-order valence-corrected chi connectivity index (χ0v) is 18.0. The summed E-state index contributed by atoms with van der Waals surface area (Å²) in [6.45, 7) is 11.6. The average molecular weight is 388 g/mol. The second kappa shape index (κ2) is 16.1. The summed E-state index contributed by atoms with van der Waals surface area (Å²) in [6.07, 6.45) is 16.7. The van der Waals surface area contributed by atoms with Crippen molar-refractivity contribution in [2.75, 3.05) is 0 Å². The maximum atomic E-state index is 3.72. The van der Waals surface area contributed by atoms with Gasteiger partial charge in [-0.2, -0.15) is 61.4 Å². The van der Waals surface area contributed by atoms with Crippen LogP contribution in [0.25, 0.3) is 0 Å². The minimum atomic E-state index is 0. The van der Waals surface area contributed by atoms with Gasteiger partial charge in [0.1, 0.15) is 0 Å². The molecule has 0 atom stereocenters. The van der Waals surface area contributed by atoms with E-state index >= 15 is 0 Å². The number of hydrogen-bond donors (Lipinski definition) is 0. The van der Waals surface area contributed by atoms with Crippen LogP contribution in [0.5, 0.6) is 0 Å². The Hall–Kier alpha value is -2.15. The van der Waals surface area contributed by atoms with Crippen molar-refractivity contribution >= 4 is 0 Å². The van der Waals surface area contributed by atoms with Crippen molar-refractivity contribution in [2.45, 2.75) is 26.7 Å². The van der Waals surface area contributed by atoms with Gasteiger partial charge in [0, 0.05) is 0 Å². The molecule has 136 valence electrons. The Morgan fingerprint density at radius 3 is 1.07 bits per heavy atom. The fraction of sp³-hybridized carbons (Fsp3) is 0.154. The van der Waals surface area contributed by atoms with Crippen LogP contribution in [-0.4, -0.2) is 0 Å². The molecule has 4 rings (SSSR count). The molecule has 0 unspecified atom stereocenters. The maximum Gasteiger partial charge on any atom is 4.00 e. The summed E-state index contributed by atoms with van der Waals surface area (Å²) >= 11 is 0. The first-order chi connectivity index (χ1) is 12.6. The van der Waals surface area contributed by atoms with Gasteiger partial charge < -0.3 is 0 Å². The minimum Gasteiger partial charge on any atom is -0.270 e. The maximum absolute atomic E-state index is 3.72. The summed E-state index contributed by atoms with van der Waals surface area (Å²) in [4.78, 5) is 0. The standard InChI is InChI=1S/2C7H7.2C6H7.Ti/c2*1-7-5-3-2-4-6-7;2*1-6-4-2-3-5-6;/h2*2-6H,1H2;2*2,4H,3H2,1H3;/q4*-1;+4. The van der Waals surface area contributed by atoms with Crippen LogP contribution in [0.1, 0.15) is 37.8 Å². The van der Waals surface area contributed by atoms with E-state index in [1.807, 2.05) is 60.7 Å². The van der Waals surface area contributed by atoms with E-state index in [-0.39, 0.29) is 21.7 Å². The Bertz CT molecular complexity index is 648. The Morgan fingerprint density at radius 2 is 0.963 bits per heavy atom. The number of rotatable bonds is 0. The van der Waals surface area contributed by atoms with Gasteiger partial charge in [-0.05, 0) is 0 Å². The second-order valence-corrected chi connectivity index (χ2v) is 5.90. The first kappa shape index (κ1) is 24.9. The minimum absolute atomic E-state index is 0. The normalized spacial score (nSPS) is 12.7. The third-order valence-corrected chi connectivity index (χ3v) is 3.42. The molecule has 0 radical (unpaired) electrons. The van der Waals surface area contributed by atoms with Crippen LogP contribution in [0.2, 0.25) is 0 Å². The molecular weight excluding hydrogens is 360 g/mol. The Balaban J connectivity index is 0.000000331. The van der Waals surface area contributed by atoms with Gasteiger partial charge in [0.2, 0.25) is 0 Å². The Morgan fingerprint density at radius 1 is 0.630 bits per heavy atom. The molecule has 0 N–H and O–H groups in total.